The zero-order valence-electron chi connectivity index (χ0n) is 10.4. The van der Waals surface area contributed by atoms with Crippen LogP contribution in [0.3, 0.4) is 0 Å². The summed E-state index contributed by atoms with van der Waals surface area (Å²) in [5, 5.41) is 1.10. The summed E-state index contributed by atoms with van der Waals surface area (Å²) in [4.78, 5) is 12.2. The highest BCUT2D eigenvalue weighted by molar-refractivity contribution is 7.16. The van der Waals surface area contributed by atoms with E-state index in [0.29, 0.717) is 0 Å². The van der Waals surface area contributed by atoms with E-state index < -0.39 is 0 Å². The number of hydrogen-bond acceptors (Lipinski definition) is 3. The van der Waals surface area contributed by atoms with E-state index in [2.05, 4.69) is 0 Å². The van der Waals surface area contributed by atoms with Crippen LogP contribution in [-0.2, 0) is 0 Å². The monoisotopic (exact) mass is 268 g/mol. The highest BCUT2D eigenvalue weighted by atomic mass is 32.1. The van der Waals surface area contributed by atoms with Crippen LogP contribution in [0.2, 0.25) is 0 Å². The zero-order valence-corrected chi connectivity index (χ0v) is 11.2. The van der Waals surface area contributed by atoms with Crippen LogP contribution in [0.1, 0.15) is 0 Å². The molecule has 1 heterocycles. The van der Waals surface area contributed by atoms with E-state index in [-0.39, 0.29) is 4.74 Å². The van der Waals surface area contributed by atoms with Crippen LogP contribution in [0.4, 0.5) is 0 Å². The van der Waals surface area contributed by atoms with Crippen LogP contribution in [-0.4, -0.2) is 7.11 Å². The number of rotatable bonds is 2. The summed E-state index contributed by atoms with van der Waals surface area (Å²) in [5.41, 5.74) is 1.67. The minimum Gasteiger partial charge on any atom is -0.497 e. The summed E-state index contributed by atoms with van der Waals surface area (Å²) in [7, 11) is 1.63. The van der Waals surface area contributed by atoms with Gasteiger partial charge in [0.05, 0.1) is 7.11 Å². The minimum absolute atomic E-state index is 0.0869. The van der Waals surface area contributed by atoms with Crippen molar-refractivity contribution in [2.24, 2.45) is 0 Å². The van der Waals surface area contributed by atoms with Crippen molar-refractivity contribution < 1.29 is 4.74 Å². The van der Waals surface area contributed by atoms with Crippen molar-refractivity contribution >= 4 is 21.4 Å². The van der Waals surface area contributed by atoms with Gasteiger partial charge >= 0.3 is 0 Å². The molecule has 3 aromatic rings. The van der Waals surface area contributed by atoms with Gasteiger partial charge in [0.15, 0.2) is 0 Å². The molecule has 3 rings (SSSR count). The second-order valence-corrected chi connectivity index (χ2v) is 5.23. The molecule has 3 heteroatoms. The molecule has 94 valence electrons. The predicted octanol–water partition coefficient (Wildman–Crippen LogP) is 3.94. The first-order chi connectivity index (χ1) is 9.28. The molecule has 2 aromatic carbocycles. The average molecular weight is 268 g/mol. The van der Waals surface area contributed by atoms with Crippen LogP contribution in [0.5, 0.6) is 5.75 Å². The van der Waals surface area contributed by atoms with Gasteiger partial charge in [0.2, 0.25) is 4.74 Å². The number of benzene rings is 2. The Morgan fingerprint density at radius 1 is 1.00 bits per heavy atom. The summed E-state index contributed by atoms with van der Waals surface area (Å²) in [6, 6.07) is 17.5. The summed E-state index contributed by atoms with van der Waals surface area (Å²) < 4.78 is 6.24. The number of methoxy groups -OCH3 is 1. The molecule has 0 radical (unpaired) electrons. The smallest absolute Gasteiger partial charge is 0.240 e. The van der Waals surface area contributed by atoms with Gasteiger partial charge in [-0.1, -0.05) is 41.7 Å². The van der Waals surface area contributed by atoms with Gasteiger partial charge < -0.3 is 4.74 Å². The first-order valence-electron chi connectivity index (χ1n) is 5.95. The Bertz CT molecular complexity index is 773. The number of ether oxygens (including phenoxy) is 1. The normalized spacial score (nSPS) is 10.6. The fraction of sp³-hybridized carbons (Fsp3) is 0.0625. The van der Waals surface area contributed by atoms with Gasteiger partial charge in [-0.25, -0.2) is 0 Å². The first-order valence-corrected chi connectivity index (χ1v) is 6.77. The third kappa shape index (κ3) is 2.25. The molecule has 0 saturated carbocycles. The molecule has 0 spiro atoms. The maximum absolute atomic E-state index is 12.2. The molecule has 0 unspecified atom stereocenters. The van der Waals surface area contributed by atoms with Crippen molar-refractivity contribution in [1.82, 2.24) is 0 Å². The summed E-state index contributed by atoms with van der Waals surface area (Å²) >= 11 is 1.29. The summed E-state index contributed by atoms with van der Waals surface area (Å²) in [5.74, 6) is 0.792. The van der Waals surface area contributed by atoms with Crippen LogP contribution in [0.15, 0.2) is 59.4 Å². The molecule has 0 aliphatic rings. The van der Waals surface area contributed by atoms with Crippen LogP contribution >= 0.6 is 11.3 Å². The molecule has 1 aromatic heterocycles. The van der Waals surface area contributed by atoms with Crippen molar-refractivity contribution in [2.45, 2.75) is 0 Å². The second kappa shape index (κ2) is 4.86. The fourth-order valence-corrected chi connectivity index (χ4v) is 2.91. The van der Waals surface area contributed by atoms with Crippen molar-refractivity contribution in [2.75, 3.05) is 7.11 Å². The molecule has 2 nitrogen and oxygen atoms in total. The Balaban J connectivity index is 2.18. The van der Waals surface area contributed by atoms with Crippen LogP contribution in [0, 0.1) is 0 Å². The Hall–Kier alpha value is -2.13. The second-order valence-electron chi connectivity index (χ2n) is 4.21. The van der Waals surface area contributed by atoms with Crippen LogP contribution in [0.25, 0.3) is 21.2 Å². The van der Waals surface area contributed by atoms with Crippen molar-refractivity contribution in [3.05, 3.63) is 64.1 Å². The largest absolute Gasteiger partial charge is 0.497 e. The highest BCUT2D eigenvalue weighted by Gasteiger charge is 2.06. The standard InChI is InChI=1S/C16H12O2S/c1-18-13-8-6-11(7-9-13)14-10-12-4-2-3-5-15(12)19-16(14)17/h2-10H,1H3. The number of hydrogen-bond donors (Lipinski definition) is 0. The van der Waals surface area contributed by atoms with Gasteiger partial charge in [0, 0.05) is 10.3 Å². The first kappa shape index (κ1) is 11.9. The molecule has 0 N–H and O–H groups in total. The SMILES string of the molecule is COc1ccc(-c2cc3ccccc3sc2=O)cc1. The van der Waals surface area contributed by atoms with Gasteiger partial charge in [0.25, 0.3) is 0 Å². The Morgan fingerprint density at radius 3 is 2.47 bits per heavy atom. The molecule has 0 bridgehead atoms. The van der Waals surface area contributed by atoms with Crippen LogP contribution < -0.4 is 9.48 Å². The molecule has 0 fully saturated rings. The number of fused-ring (bicyclic) bond motifs is 1. The van der Waals surface area contributed by atoms with E-state index in [4.69, 9.17) is 4.74 Å². The van der Waals surface area contributed by atoms with Crippen molar-refractivity contribution in [1.29, 1.82) is 0 Å². The van der Waals surface area contributed by atoms with Crippen molar-refractivity contribution in [3.63, 3.8) is 0 Å². The average Bonchev–Trinajstić information content (AvgIpc) is 2.47. The Labute approximate surface area is 114 Å². The minimum atomic E-state index is 0.0869. The quantitative estimate of drug-likeness (QED) is 0.703. The molecule has 0 atom stereocenters. The lowest BCUT2D eigenvalue weighted by Crippen LogP contribution is -1.98. The van der Waals surface area contributed by atoms with E-state index in [1.54, 1.807) is 7.11 Å². The van der Waals surface area contributed by atoms with Gasteiger partial charge in [0.1, 0.15) is 5.75 Å². The predicted molar refractivity (Wildman–Crippen MR) is 80.1 cm³/mol. The molecule has 0 aliphatic carbocycles. The van der Waals surface area contributed by atoms with Gasteiger partial charge in [-0.15, -0.1) is 0 Å². The van der Waals surface area contributed by atoms with E-state index in [1.807, 2.05) is 54.6 Å². The maximum atomic E-state index is 12.2. The molecule has 0 saturated heterocycles. The Morgan fingerprint density at radius 2 is 1.74 bits per heavy atom. The molecular weight excluding hydrogens is 256 g/mol. The van der Waals surface area contributed by atoms with E-state index in [0.717, 1.165) is 27.0 Å². The van der Waals surface area contributed by atoms with E-state index in [9.17, 15) is 4.79 Å². The summed E-state index contributed by atoms with van der Waals surface area (Å²) in [6.45, 7) is 0. The topological polar surface area (TPSA) is 26.3 Å². The zero-order chi connectivity index (χ0) is 13.2. The lowest BCUT2D eigenvalue weighted by atomic mass is 10.1. The van der Waals surface area contributed by atoms with Gasteiger partial charge in [-0.2, -0.15) is 0 Å². The fourth-order valence-electron chi connectivity index (χ4n) is 2.03. The van der Waals surface area contributed by atoms with Gasteiger partial charge in [-0.3, -0.25) is 4.79 Å². The molecule has 19 heavy (non-hydrogen) atoms. The van der Waals surface area contributed by atoms with E-state index in [1.165, 1.54) is 11.3 Å². The Kier molecular flexibility index (Phi) is 3.05. The van der Waals surface area contributed by atoms with Gasteiger partial charge in [-0.05, 0) is 35.2 Å². The molecule has 0 amide bonds. The lowest BCUT2D eigenvalue weighted by molar-refractivity contribution is 0.415. The third-order valence-corrected chi connectivity index (χ3v) is 4.04. The molecular formula is C16H12O2S. The van der Waals surface area contributed by atoms with Crippen molar-refractivity contribution in [3.8, 4) is 16.9 Å². The van der Waals surface area contributed by atoms with E-state index >= 15 is 0 Å². The maximum Gasteiger partial charge on any atom is 0.240 e. The highest BCUT2D eigenvalue weighted by Crippen LogP contribution is 2.24. The third-order valence-electron chi connectivity index (χ3n) is 3.04. The molecule has 0 aliphatic heterocycles. The lowest BCUT2D eigenvalue weighted by Gasteiger charge is -2.04. The summed E-state index contributed by atoms with van der Waals surface area (Å²) in [6.07, 6.45) is 0.